The highest BCUT2D eigenvalue weighted by atomic mass is 31.2. The van der Waals surface area contributed by atoms with Gasteiger partial charge in [0.1, 0.15) is 11.2 Å². The van der Waals surface area contributed by atoms with Gasteiger partial charge < -0.3 is 15.4 Å². The second-order valence-corrected chi connectivity index (χ2v) is 13.5. The highest BCUT2D eigenvalue weighted by Crippen LogP contribution is 2.70. The van der Waals surface area contributed by atoms with Crippen LogP contribution in [0.4, 0.5) is 0 Å². The van der Waals surface area contributed by atoms with Gasteiger partial charge in [-0.15, -0.1) is 0 Å². The molecule has 1 spiro atoms. The maximum Gasteiger partial charge on any atom is 0.472 e. The van der Waals surface area contributed by atoms with Crippen molar-refractivity contribution in [3.05, 3.63) is 22.8 Å². The van der Waals surface area contributed by atoms with E-state index in [0.717, 1.165) is 44.1 Å². The number of esters is 1. The van der Waals surface area contributed by atoms with Crippen molar-refractivity contribution in [2.75, 3.05) is 13.2 Å². The van der Waals surface area contributed by atoms with Gasteiger partial charge in [0, 0.05) is 12.0 Å². The van der Waals surface area contributed by atoms with E-state index in [1.165, 1.54) is 12.5 Å². The molecule has 0 aromatic rings. The SMILES string of the molecule is CC(=O)C1=C(C)[C@]2(CC[C@H]3C4CC=C5CC(OP(=O)(O)OCCN)CC[C@]5(C)[C@H]4CC[C@@]32C)OC1=O. The van der Waals surface area contributed by atoms with Gasteiger partial charge >= 0.3 is 13.8 Å². The van der Waals surface area contributed by atoms with E-state index in [0.29, 0.717) is 30.6 Å². The molecule has 9 heteroatoms. The smallest absolute Gasteiger partial charge is 0.450 e. The quantitative estimate of drug-likeness (QED) is 0.225. The van der Waals surface area contributed by atoms with E-state index in [4.69, 9.17) is 19.5 Å². The Bertz CT molecular complexity index is 1080. The molecule has 3 N–H and O–H groups in total. The molecule has 1 heterocycles. The first-order chi connectivity index (χ1) is 16.9. The molecule has 0 bridgehead atoms. The molecular formula is C27H40NO7P. The van der Waals surface area contributed by atoms with Gasteiger partial charge in [0.2, 0.25) is 0 Å². The van der Waals surface area contributed by atoms with Crippen molar-refractivity contribution in [2.24, 2.45) is 34.3 Å². The van der Waals surface area contributed by atoms with Gasteiger partial charge in [0.05, 0.1) is 12.7 Å². The van der Waals surface area contributed by atoms with E-state index < -0.39 is 19.4 Å². The standard InChI is InChI=1S/C27H40NO7P/c1-16-23(17(2)29)24(30)34-27(16)12-9-22-20-6-5-18-15-19(35-36(31,32)33-14-13-28)7-10-25(18,3)21(20)8-11-26(22,27)4/h5,19-22H,6-15,28H2,1-4H3,(H,31,32)/t19?,20?,21-,22-,25-,26-,27-/m0/s1. The number of phosphoric acid groups is 1. The van der Waals surface area contributed by atoms with Crippen molar-refractivity contribution in [2.45, 2.75) is 90.8 Å². The van der Waals surface area contributed by atoms with Crippen molar-refractivity contribution < 1.29 is 32.8 Å². The second kappa shape index (κ2) is 8.88. The number of phosphoric ester groups is 1. The zero-order valence-corrected chi connectivity index (χ0v) is 22.8. The van der Waals surface area contributed by atoms with Crippen LogP contribution in [0.25, 0.3) is 0 Å². The highest BCUT2D eigenvalue weighted by Gasteiger charge is 2.68. The fourth-order valence-electron chi connectivity index (χ4n) is 8.93. The zero-order chi connectivity index (χ0) is 26.1. The van der Waals surface area contributed by atoms with Crippen molar-refractivity contribution in [1.29, 1.82) is 0 Å². The van der Waals surface area contributed by atoms with E-state index in [-0.39, 0.29) is 41.4 Å². The minimum atomic E-state index is -4.12. The molecule has 0 aromatic heterocycles. The fourth-order valence-corrected chi connectivity index (χ4v) is 9.89. The Morgan fingerprint density at radius 1 is 1.22 bits per heavy atom. The Morgan fingerprint density at radius 2 is 1.94 bits per heavy atom. The lowest BCUT2D eigenvalue weighted by atomic mass is 9.46. The molecule has 0 radical (unpaired) electrons. The van der Waals surface area contributed by atoms with Crippen LogP contribution in [0.1, 0.15) is 79.1 Å². The van der Waals surface area contributed by atoms with Gasteiger partial charge in [-0.25, -0.2) is 9.36 Å². The monoisotopic (exact) mass is 521 g/mol. The van der Waals surface area contributed by atoms with Crippen LogP contribution in [0.5, 0.6) is 0 Å². The summed E-state index contributed by atoms with van der Waals surface area (Å²) in [4.78, 5) is 35.0. The molecule has 3 unspecified atom stereocenters. The minimum absolute atomic E-state index is 0.00973. The van der Waals surface area contributed by atoms with Gasteiger partial charge in [-0.2, -0.15) is 0 Å². The minimum Gasteiger partial charge on any atom is -0.450 e. The molecule has 0 aromatic carbocycles. The summed E-state index contributed by atoms with van der Waals surface area (Å²) in [6.45, 7) is 8.19. The largest absolute Gasteiger partial charge is 0.472 e. The normalized spacial score (nSPS) is 43.4. The summed E-state index contributed by atoms with van der Waals surface area (Å²) in [5, 5.41) is 0. The first kappa shape index (κ1) is 26.3. The third kappa shape index (κ3) is 3.74. The number of nitrogens with two attached hydrogens (primary N) is 1. The van der Waals surface area contributed by atoms with Crippen LogP contribution in [-0.4, -0.2) is 41.5 Å². The maximum absolute atomic E-state index is 12.7. The van der Waals surface area contributed by atoms with E-state index >= 15 is 0 Å². The molecule has 0 amide bonds. The van der Waals surface area contributed by atoms with Crippen LogP contribution < -0.4 is 5.73 Å². The number of rotatable bonds is 6. The number of Topliss-reactive ketones (excluding diaryl/α,β-unsaturated/α-hetero) is 1. The summed E-state index contributed by atoms with van der Waals surface area (Å²) >= 11 is 0. The molecule has 0 saturated heterocycles. The third-order valence-corrected chi connectivity index (χ3v) is 11.7. The maximum atomic E-state index is 12.7. The van der Waals surface area contributed by atoms with E-state index in [2.05, 4.69) is 19.9 Å². The summed E-state index contributed by atoms with van der Waals surface area (Å²) in [7, 11) is -4.12. The molecule has 200 valence electrons. The molecule has 4 aliphatic carbocycles. The van der Waals surface area contributed by atoms with Gasteiger partial charge in [0.25, 0.3) is 0 Å². The van der Waals surface area contributed by atoms with Gasteiger partial charge in [-0.3, -0.25) is 13.8 Å². The summed E-state index contributed by atoms with van der Waals surface area (Å²) in [5.41, 5.74) is 6.99. The highest BCUT2D eigenvalue weighted by molar-refractivity contribution is 7.47. The van der Waals surface area contributed by atoms with Crippen LogP contribution in [0.3, 0.4) is 0 Å². The van der Waals surface area contributed by atoms with E-state index in [1.54, 1.807) is 0 Å². The Labute approximate surface area is 213 Å². The fraction of sp³-hybridized carbons (Fsp3) is 0.778. The van der Waals surface area contributed by atoms with Crippen molar-refractivity contribution in [3.63, 3.8) is 0 Å². The molecule has 36 heavy (non-hydrogen) atoms. The topological polar surface area (TPSA) is 125 Å². The van der Waals surface area contributed by atoms with Crippen molar-refractivity contribution in [1.82, 2.24) is 0 Å². The Balaban J connectivity index is 1.38. The Hall–Kier alpha value is -1.31. The van der Waals surface area contributed by atoms with Crippen LogP contribution in [0.2, 0.25) is 0 Å². The summed E-state index contributed by atoms with van der Waals surface area (Å²) < 4.78 is 28.9. The zero-order valence-electron chi connectivity index (χ0n) is 21.9. The van der Waals surface area contributed by atoms with Crippen molar-refractivity contribution >= 4 is 19.6 Å². The summed E-state index contributed by atoms with van der Waals surface area (Å²) in [6, 6.07) is 0. The number of carbonyl (C=O) groups is 2. The lowest BCUT2D eigenvalue weighted by Crippen LogP contribution is -2.55. The molecule has 8 nitrogen and oxygen atoms in total. The molecule has 5 aliphatic rings. The average molecular weight is 522 g/mol. The lowest BCUT2D eigenvalue weighted by molar-refractivity contribution is -0.164. The predicted molar refractivity (Wildman–Crippen MR) is 134 cm³/mol. The second-order valence-electron chi connectivity index (χ2n) is 12.1. The first-order valence-corrected chi connectivity index (χ1v) is 14.9. The number of fused-ring (bicyclic) bond motifs is 6. The Morgan fingerprint density at radius 3 is 2.61 bits per heavy atom. The number of allylic oxidation sites excluding steroid dienone is 1. The van der Waals surface area contributed by atoms with Gasteiger partial charge in [0.15, 0.2) is 5.78 Å². The number of hydrogen-bond donors (Lipinski definition) is 2. The van der Waals surface area contributed by atoms with Crippen molar-refractivity contribution in [3.8, 4) is 0 Å². The summed E-state index contributed by atoms with van der Waals surface area (Å²) in [6.07, 6.45) is 8.98. The van der Waals surface area contributed by atoms with Crippen LogP contribution >= 0.6 is 7.82 Å². The predicted octanol–water partition coefficient (Wildman–Crippen LogP) is 4.61. The van der Waals surface area contributed by atoms with Gasteiger partial charge in [-0.1, -0.05) is 25.5 Å². The average Bonchev–Trinajstić information content (AvgIpc) is 3.25. The molecular weight excluding hydrogens is 481 g/mol. The number of carbonyl (C=O) groups excluding carboxylic acids is 2. The van der Waals surface area contributed by atoms with Gasteiger partial charge in [-0.05, 0) is 94.0 Å². The van der Waals surface area contributed by atoms with Crippen LogP contribution in [-0.2, 0) is 27.9 Å². The molecule has 3 fully saturated rings. The van der Waals surface area contributed by atoms with E-state index in [9.17, 15) is 19.0 Å². The molecule has 3 saturated carbocycles. The van der Waals surface area contributed by atoms with Crippen LogP contribution in [0, 0.1) is 28.6 Å². The molecule has 8 atom stereocenters. The molecule has 5 rings (SSSR count). The lowest BCUT2D eigenvalue weighted by Gasteiger charge is -2.59. The first-order valence-electron chi connectivity index (χ1n) is 13.4. The summed E-state index contributed by atoms with van der Waals surface area (Å²) in [5.74, 6) is 0.759. The van der Waals surface area contributed by atoms with E-state index in [1.807, 2.05) is 6.92 Å². The number of hydrogen-bond acceptors (Lipinski definition) is 7. The van der Waals surface area contributed by atoms with Crippen LogP contribution in [0.15, 0.2) is 22.8 Å². The third-order valence-electron chi connectivity index (χ3n) is 10.6. The Kier molecular flexibility index (Phi) is 6.48. The number of ether oxygens (including phenoxy) is 1. The number of ketones is 1. The molecule has 1 aliphatic heterocycles.